The van der Waals surface area contributed by atoms with Crippen molar-refractivity contribution in [2.75, 3.05) is 0 Å². The third kappa shape index (κ3) is 9.18. The van der Waals surface area contributed by atoms with Gasteiger partial charge in [0.1, 0.15) is 5.82 Å². The third-order valence-electron chi connectivity index (χ3n) is 2.95. The Labute approximate surface area is 142 Å². The molecule has 5 heteroatoms. The van der Waals surface area contributed by atoms with Crippen LogP contribution in [0.3, 0.4) is 0 Å². The van der Waals surface area contributed by atoms with Crippen molar-refractivity contribution in [3.63, 3.8) is 0 Å². The van der Waals surface area contributed by atoms with E-state index in [4.69, 9.17) is 5.53 Å². The van der Waals surface area contributed by atoms with Crippen molar-refractivity contribution in [2.24, 2.45) is 5.11 Å². The van der Waals surface area contributed by atoms with Gasteiger partial charge < -0.3 is 0 Å². The molecule has 4 nitrogen and oxygen atoms in total. The molecule has 2 rings (SSSR count). The first-order valence-electron chi connectivity index (χ1n) is 7.43. The number of halogens is 1. The summed E-state index contributed by atoms with van der Waals surface area (Å²) in [6.07, 6.45) is 1.14. The zero-order valence-electron chi connectivity index (χ0n) is 14.1. The molecule has 0 saturated carbocycles. The van der Waals surface area contributed by atoms with Crippen LogP contribution < -0.4 is 0 Å². The molecule has 0 aliphatic heterocycles. The fraction of sp³-hybridized carbons (Fsp3) is 0.211. The van der Waals surface area contributed by atoms with Gasteiger partial charge in [0.25, 0.3) is 0 Å². The molecule has 0 aliphatic carbocycles. The lowest BCUT2D eigenvalue weighted by molar-refractivity contribution is -0.117. The topological polar surface area (TPSA) is 65.8 Å². The molecule has 0 spiro atoms. The summed E-state index contributed by atoms with van der Waals surface area (Å²) in [6, 6.07) is 14.1. The number of benzene rings is 2. The van der Waals surface area contributed by atoms with Gasteiger partial charge in [-0.25, -0.2) is 4.39 Å². The predicted molar refractivity (Wildman–Crippen MR) is 96.1 cm³/mol. The van der Waals surface area contributed by atoms with Gasteiger partial charge in [0, 0.05) is 11.3 Å². The maximum absolute atomic E-state index is 12.4. The highest BCUT2D eigenvalue weighted by Gasteiger charge is 2.00. The van der Waals surface area contributed by atoms with E-state index in [0.29, 0.717) is 5.56 Å². The molecule has 2 aromatic rings. The van der Waals surface area contributed by atoms with Gasteiger partial charge in [-0.15, -0.1) is 13.2 Å². The Balaban J connectivity index is 0.000000420. The molecule has 1 amide bonds. The van der Waals surface area contributed by atoms with E-state index in [-0.39, 0.29) is 12.2 Å². The number of aryl methyl sites for hydroxylation is 2. The molecule has 0 atom stereocenters. The molecule has 0 bridgehead atoms. The van der Waals surface area contributed by atoms with Gasteiger partial charge in [-0.05, 0) is 47.2 Å². The second kappa shape index (κ2) is 12.6. The van der Waals surface area contributed by atoms with Crippen LogP contribution >= 0.6 is 0 Å². The van der Waals surface area contributed by atoms with Gasteiger partial charge >= 0.3 is 0 Å². The number of rotatable bonds is 3. The Morgan fingerprint density at radius 3 is 2.04 bits per heavy atom. The largest absolute Gasteiger partial charge is 0.292 e. The molecule has 2 aromatic carbocycles. The van der Waals surface area contributed by atoms with Crippen LogP contribution in [0.4, 0.5) is 4.39 Å². The fourth-order valence-electron chi connectivity index (χ4n) is 1.69. The van der Waals surface area contributed by atoms with Gasteiger partial charge in [0.2, 0.25) is 5.91 Å². The molecule has 0 aliphatic rings. The summed E-state index contributed by atoms with van der Waals surface area (Å²) in [7, 11) is 0. The smallest absolute Gasteiger partial charge is 0.223 e. The average molecular weight is 327 g/mol. The second-order valence-corrected chi connectivity index (χ2v) is 4.73. The minimum Gasteiger partial charge on any atom is -0.292 e. The maximum atomic E-state index is 12.4. The van der Waals surface area contributed by atoms with Crippen LogP contribution in [-0.4, -0.2) is 5.91 Å². The number of azide groups is 1. The number of nitrogens with zero attached hydrogens (tertiary/aromatic N) is 3. The van der Waals surface area contributed by atoms with Crippen LogP contribution in [0.2, 0.25) is 0 Å². The molecule has 0 saturated heterocycles. The Morgan fingerprint density at radius 1 is 1.08 bits per heavy atom. The number of hydrogen-bond acceptors (Lipinski definition) is 1. The summed E-state index contributed by atoms with van der Waals surface area (Å²) in [5, 5.41) is 2.89. The van der Waals surface area contributed by atoms with E-state index in [2.05, 4.69) is 61.3 Å². The third-order valence-corrected chi connectivity index (χ3v) is 2.95. The lowest BCUT2D eigenvalue weighted by atomic mass is 10.1. The number of amides is 1. The number of carbonyl (C=O) groups is 1. The SMILES string of the molecule is C=C.CCc1ccc(C)cc1.[N-]=[N+]=NC(=O)Cc1ccc(F)cc1. The highest BCUT2D eigenvalue weighted by Crippen LogP contribution is 2.04. The van der Waals surface area contributed by atoms with E-state index in [1.165, 1.54) is 35.4 Å². The van der Waals surface area contributed by atoms with Gasteiger partial charge in [-0.1, -0.05) is 48.9 Å². The molecular formula is C19H22FN3O. The van der Waals surface area contributed by atoms with E-state index < -0.39 is 5.91 Å². The summed E-state index contributed by atoms with van der Waals surface area (Å²) in [5.41, 5.74) is 11.3. The van der Waals surface area contributed by atoms with Crippen LogP contribution in [0.25, 0.3) is 10.4 Å². The molecule has 0 N–H and O–H groups in total. The van der Waals surface area contributed by atoms with E-state index >= 15 is 0 Å². The molecule has 0 aromatic heterocycles. The van der Waals surface area contributed by atoms with Crippen molar-refractivity contribution in [1.29, 1.82) is 0 Å². The van der Waals surface area contributed by atoms with Crippen molar-refractivity contribution in [3.05, 3.63) is 94.6 Å². The minimum absolute atomic E-state index is 0.00431. The Hall–Kier alpha value is -2.91. The molecule has 0 fully saturated rings. The van der Waals surface area contributed by atoms with Crippen molar-refractivity contribution < 1.29 is 9.18 Å². The predicted octanol–water partition coefficient (Wildman–Crippen LogP) is 5.56. The first kappa shape index (κ1) is 21.1. The lowest BCUT2D eigenvalue weighted by Crippen LogP contribution is -1.97. The van der Waals surface area contributed by atoms with E-state index in [1.54, 1.807) is 0 Å². The lowest BCUT2D eigenvalue weighted by Gasteiger charge is -1.95. The summed E-state index contributed by atoms with van der Waals surface area (Å²) >= 11 is 0. The zero-order valence-corrected chi connectivity index (χ0v) is 14.1. The fourth-order valence-corrected chi connectivity index (χ4v) is 1.69. The van der Waals surface area contributed by atoms with Gasteiger partial charge in [-0.2, -0.15) is 0 Å². The summed E-state index contributed by atoms with van der Waals surface area (Å²) in [6.45, 7) is 10.3. The molecule has 126 valence electrons. The monoisotopic (exact) mass is 327 g/mol. The summed E-state index contributed by atoms with van der Waals surface area (Å²) < 4.78 is 12.4. The Morgan fingerprint density at radius 2 is 1.58 bits per heavy atom. The molecular weight excluding hydrogens is 305 g/mol. The molecule has 0 unspecified atom stereocenters. The molecule has 0 radical (unpaired) electrons. The zero-order chi connectivity index (χ0) is 18.4. The van der Waals surface area contributed by atoms with Crippen molar-refractivity contribution in [2.45, 2.75) is 26.7 Å². The summed E-state index contributed by atoms with van der Waals surface area (Å²) in [4.78, 5) is 13.1. The average Bonchev–Trinajstić information content (AvgIpc) is 2.60. The van der Waals surface area contributed by atoms with Crippen LogP contribution in [-0.2, 0) is 17.6 Å². The quantitative estimate of drug-likeness (QED) is 0.315. The van der Waals surface area contributed by atoms with Crippen LogP contribution in [0.5, 0.6) is 0 Å². The van der Waals surface area contributed by atoms with Crippen LogP contribution in [0.15, 0.2) is 66.8 Å². The highest BCUT2D eigenvalue weighted by atomic mass is 19.1. The van der Waals surface area contributed by atoms with Crippen molar-refractivity contribution >= 4 is 5.91 Å². The first-order chi connectivity index (χ1) is 11.5. The second-order valence-electron chi connectivity index (χ2n) is 4.73. The van der Waals surface area contributed by atoms with E-state index in [9.17, 15) is 9.18 Å². The van der Waals surface area contributed by atoms with Crippen LogP contribution in [0, 0.1) is 12.7 Å². The normalized spacial score (nSPS) is 8.62. The standard InChI is InChI=1S/C9H12.C8H6FN3O.C2H4/c1-3-9-6-4-8(2)5-7-9;9-7-3-1-6(2-4-7)5-8(13)11-12-10;1-2/h4-7H,3H2,1-2H3;1-4H,5H2;1-2H2. The Kier molecular flexibility index (Phi) is 11.1. The van der Waals surface area contributed by atoms with Crippen molar-refractivity contribution in [1.82, 2.24) is 0 Å². The molecule has 24 heavy (non-hydrogen) atoms. The summed E-state index contributed by atoms with van der Waals surface area (Å²) in [5.74, 6) is -0.936. The Bertz CT molecular complexity index is 660. The highest BCUT2D eigenvalue weighted by molar-refractivity contribution is 5.79. The van der Waals surface area contributed by atoms with Crippen LogP contribution in [0.1, 0.15) is 23.6 Å². The van der Waals surface area contributed by atoms with E-state index in [0.717, 1.165) is 6.42 Å². The van der Waals surface area contributed by atoms with Gasteiger partial charge in [-0.3, -0.25) is 4.79 Å². The maximum Gasteiger partial charge on any atom is 0.223 e. The minimum atomic E-state index is -0.575. The van der Waals surface area contributed by atoms with Gasteiger partial charge in [0.05, 0.1) is 0 Å². The van der Waals surface area contributed by atoms with Crippen molar-refractivity contribution in [3.8, 4) is 0 Å². The number of carbonyl (C=O) groups excluding carboxylic acids is 1. The molecule has 0 heterocycles. The first-order valence-corrected chi connectivity index (χ1v) is 7.43. The van der Waals surface area contributed by atoms with Gasteiger partial charge in [0.15, 0.2) is 0 Å². The van der Waals surface area contributed by atoms with E-state index in [1.807, 2.05) is 0 Å². The number of hydrogen-bond donors (Lipinski definition) is 0.